The van der Waals surface area contributed by atoms with Crippen LogP contribution in [0.1, 0.15) is 124 Å². The molecule has 0 radical (unpaired) electrons. The quantitative estimate of drug-likeness (QED) is 0.176. The van der Waals surface area contributed by atoms with Crippen molar-refractivity contribution in [2.45, 2.75) is 121 Å². The summed E-state index contributed by atoms with van der Waals surface area (Å²) >= 11 is -3.23. The van der Waals surface area contributed by atoms with E-state index < -0.39 is 28.0 Å². The summed E-state index contributed by atoms with van der Waals surface area (Å²) in [5, 5.41) is 4.00. The molecule has 4 aromatic carbocycles. The predicted molar refractivity (Wildman–Crippen MR) is 220 cm³/mol. The normalized spacial score (nSPS) is 20.8. The van der Waals surface area contributed by atoms with Gasteiger partial charge in [-0.2, -0.15) is 0 Å². The third-order valence-electron chi connectivity index (χ3n) is 12.9. The Morgan fingerprint density at radius 1 is 0.460 bits per heavy atom. The third kappa shape index (κ3) is 5.20. The number of benzene rings is 4. The molecule has 1 fully saturated rings. The number of fused-ring (bicyclic) bond motifs is 6. The molecule has 1 aliphatic heterocycles. The monoisotopic (exact) mass is 844 g/mol. The zero-order valence-electron chi connectivity index (χ0n) is 33.4. The van der Waals surface area contributed by atoms with Crippen LogP contribution in [0.2, 0.25) is 19.4 Å². The maximum absolute atomic E-state index is 3.23. The fourth-order valence-corrected chi connectivity index (χ4v) is 44.9. The van der Waals surface area contributed by atoms with Gasteiger partial charge >= 0.3 is 312 Å². The van der Waals surface area contributed by atoms with Gasteiger partial charge < -0.3 is 0 Å². The van der Waals surface area contributed by atoms with Gasteiger partial charge in [0, 0.05) is 0 Å². The van der Waals surface area contributed by atoms with Crippen LogP contribution in [0.4, 0.5) is 0 Å². The van der Waals surface area contributed by atoms with Crippen molar-refractivity contribution in [3.05, 3.63) is 129 Å². The van der Waals surface area contributed by atoms with E-state index in [1.807, 2.05) is 10.4 Å². The van der Waals surface area contributed by atoms with Crippen LogP contribution in [0.3, 0.4) is 0 Å². The molecule has 0 amide bonds. The van der Waals surface area contributed by atoms with Gasteiger partial charge in [0.05, 0.1) is 0 Å². The van der Waals surface area contributed by atoms with Gasteiger partial charge in [-0.1, -0.05) is 0 Å². The Morgan fingerprint density at radius 2 is 0.800 bits per heavy atom. The zero-order chi connectivity index (χ0) is 36.4. The average molecular weight is 844 g/mol. The van der Waals surface area contributed by atoms with E-state index in [-0.39, 0.29) is 20.9 Å². The van der Waals surface area contributed by atoms with Crippen LogP contribution in [-0.4, -0.2) is 8.07 Å². The van der Waals surface area contributed by atoms with Crippen molar-refractivity contribution >= 4 is 20.2 Å². The number of rotatable bonds is 2. The van der Waals surface area contributed by atoms with E-state index in [9.17, 15) is 0 Å². The summed E-state index contributed by atoms with van der Waals surface area (Å²) in [6, 6.07) is 33.6. The van der Waals surface area contributed by atoms with Crippen molar-refractivity contribution in [1.29, 1.82) is 0 Å². The SMILES string of the molecule is CC(C)(C)c1ccc(-c2cccc3c2C=C2[CH]3[Hf]([CH3])([CH3])[CH]3C(=Cc4c(-c5ccc(C(C)(C)C)cc5)cccc43)[Si]2(C(C)(C)C)C(C)(C)C)cc1. The molecule has 2 heteroatoms. The third-order valence-corrected chi connectivity index (χ3v) is 37.2. The number of allylic oxidation sites excluding steroid dienone is 2. The van der Waals surface area contributed by atoms with Gasteiger partial charge in [-0.05, 0) is 0 Å². The molecule has 2 aliphatic carbocycles. The van der Waals surface area contributed by atoms with E-state index in [0.717, 1.165) is 0 Å². The Morgan fingerprint density at radius 3 is 1.10 bits per heavy atom. The molecule has 0 aromatic heterocycles. The average Bonchev–Trinajstić information content (AvgIpc) is 3.60. The topological polar surface area (TPSA) is 0 Å². The van der Waals surface area contributed by atoms with E-state index in [1.165, 1.54) is 44.5 Å². The molecule has 7 rings (SSSR count). The molecule has 3 aliphatic rings. The van der Waals surface area contributed by atoms with Crippen LogP contribution >= 0.6 is 0 Å². The van der Waals surface area contributed by atoms with Crippen LogP contribution in [0, 0.1) is 0 Å². The molecule has 4 aromatic rings. The summed E-state index contributed by atoms with van der Waals surface area (Å²) in [6.45, 7) is 29.4. The predicted octanol–water partition coefficient (Wildman–Crippen LogP) is 14.6. The summed E-state index contributed by atoms with van der Waals surface area (Å²) < 4.78 is 6.82. The Balaban J connectivity index is 1.48. The van der Waals surface area contributed by atoms with Crippen molar-refractivity contribution < 1.29 is 20.0 Å². The fraction of sp³-hybridized carbons (Fsp3) is 0.417. The summed E-state index contributed by atoms with van der Waals surface area (Å²) in [5.41, 5.74) is 14.9. The van der Waals surface area contributed by atoms with Crippen LogP contribution in [0.15, 0.2) is 95.3 Å². The molecule has 0 saturated carbocycles. The van der Waals surface area contributed by atoms with Gasteiger partial charge in [0.25, 0.3) is 0 Å². The van der Waals surface area contributed by atoms with Gasteiger partial charge in [-0.3, -0.25) is 0 Å². The van der Waals surface area contributed by atoms with Crippen LogP contribution in [0.25, 0.3) is 34.4 Å². The first kappa shape index (κ1) is 35.8. The Labute approximate surface area is 309 Å². The van der Waals surface area contributed by atoms with Crippen LogP contribution < -0.4 is 0 Å². The van der Waals surface area contributed by atoms with E-state index in [2.05, 4.69) is 190 Å². The Hall–Kier alpha value is -2.55. The summed E-state index contributed by atoms with van der Waals surface area (Å²) in [5.74, 6) is 0. The molecule has 1 saturated heterocycles. The van der Waals surface area contributed by atoms with Crippen molar-refractivity contribution in [2.24, 2.45) is 0 Å². The van der Waals surface area contributed by atoms with Crippen LogP contribution in [0.5, 0.6) is 0 Å². The minimum absolute atomic E-state index is 0.148. The van der Waals surface area contributed by atoms with Crippen molar-refractivity contribution in [3.8, 4) is 22.3 Å². The van der Waals surface area contributed by atoms with Crippen LogP contribution in [-0.2, 0) is 30.8 Å². The fourth-order valence-electron chi connectivity index (χ4n) is 11.1. The van der Waals surface area contributed by atoms with Crippen molar-refractivity contribution in [2.75, 3.05) is 0 Å². The van der Waals surface area contributed by atoms with E-state index >= 15 is 0 Å². The summed E-state index contributed by atoms with van der Waals surface area (Å²) in [7, 11) is -2.37. The molecule has 1 heterocycles. The zero-order valence-corrected chi connectivity index (χ0v) is 38.0. The van der Waals surface area contributed by atoms with Crippen molar-refractivity contribution in [1.82, 2.24) is 0 Å². The van der Waals surface area contributed by atoms with Gasteiger partial charge in [0.1, 0.15) is 0 Å². The number of hydrogen-bond donors (Lipinski definition) is 0. The van der Waals surface area contributed by atoms with E-state index in [0.29, 0.717) is 7.35 Å². The molecule has 0 bridgehead atoms. The second-order valence-corrected chi connectivity index (χ2v) is 43.3. The summed E-state index contributed by atoms with van der Waals surface area (Å²) in [6.07, 6.45) is 5.56. The molecule has 50 heavy (non-hydrogen) atoms. The first-order valence-electron chi connectivity index (χ1n) is 19.0. The summed E-state index contributed by atoms with van der Waals surface area (Å²) in [4.78, 5) is 0. The molecular formula is C48H60HfSi. The number of hydrogen-bond acceptors (Lipinski definition) is 0. The molecule has 0 spiro atoms. The maximum atomic E-state index is 2.81. The van der Waals surface area contributed by atoms with Gasteiger partial charge in [-0.25, -0.2) is 0 Å². The van der Waals surface area contributed by atoms with Crippen molar-refractivity contribution in [3.63, 3.8) is 0 Å². The first-order chi connectivity index (χ1) is 23.1. The van der Waals surface area contributed by atoms with Gasteiger partial charge in [-0.15, -0.1) is 0 Å². The molecule has 2 atom stereocenters. The van der Waals surface area contributed by atoms with E-state index in [4.69, 9.17) is 0 Å². The van der Waals surface area contributed by atoms with E-state index in [1.54, 1.807) is 11.1 Å². The second-order valence-electron chi connectivity index (χ2n) is 20.4. The Bertz CT molecular complexity index is 1890. The minimum atomic E-state index is -3.23. The van der Waals surface area contributed by atoms with Gasteiger partial charge in [0.15, 0.2) is 0 Å². The molecule has 260 valence electrons. The molecular weight excluding hydrogens is 783 g/mol. The second kappa shape index (κ2) is 11.5. The molecule has 0 N–H and O–H groups in total. The van der Waals surface area contributed by atoms with Gasteiger partial charge in [0.2, 0.25) is 0 Å². The Kier molecular flexibility index (Phi) is 8.22. The first-order valence-corrected chi connectivity index (χ1v) is 32.4. The molecule has 2 unspecified atom stereocenters. The standard InChI is InChI=1S/C46H54Si.2CH3.Hf/c1-43(2,3)35-23-19-31(20-24-35)39-17-13-15-33-27-37(29-41(33)39)47(45(7,8)9,46(10,11)12)38-28-34-16-14-18-40(42(34)30-38)32-21-25-36(26-22-32)44(4,5)6;;;/h13-30H,1-12H3;2*1H3;. The molecule has 0 nitrogen and oxygen atoms in total.